The molecular weight excluding hydrogens is 254 g/mol. The van der Waals surface area contributed by atoms with Crippen molar-refractivity contribution in [2.45, 2.75) is 6.54 Å². The van der Waals surface area contributed by atoms with Crippen LogP contribution in [0.3, 0.4) is 0 Å². The summed E-state index contributed by atoms with van der Waals surface area (Å²) in [5, 5.41) is 3.06. The van der Waals surface area contributed by atoms with Gasteiger partial charge < -0.3 is 14.5 Å². The summed E-state index contributed by atoms with van der Waals surface area (Å²) in [5.74, 6) is -0.576. The molecule has 0 radical (unpaired) electrons. The van der Waals surface area contributed by atoms with Crippen LogP contribution in [0.25, 0.3) is 11.3 Å². The molecule has 0 fully saturated rings. The summed E-state index contributed by atoms with van der Waals surface area (Å²) in [4.78, 5) is 4.02. The smallest absolute Gasteiger partial charge is 0.208 e. The summed E-state index contributed by atoms with van der Waals surface area (Å²) in [6.45, 7) is 1.67. The van der Waals surface area contributed by atoms with Gasteiger partial charge in [0.1, 0.15) is 11.6 Å². The summed E-state index contributed by atoms with van der Waals surface area (Å²) < 4.78 is 36.6. The third kappa shape index (κ3) is 3.59. The van der Waals surface area contributed by atoms with Crippen molar-refractivity contribution in [1.82, 2.24) is 10.3 Å². The number of nitrogens with one attached hydrogen (secondary N) is 1. The first-order valence-electron chi connectivity index (χ1n) is 5.80. The molecule has 19 heavy (non-hydrogen) atoms. The van der Waals surface area contributed by atoms with Crippen molar-refractivity contribution in [3.8, 4) is 11.3 Å². The SMILES string of the molecule is COCCNCc1ncc(-c2ccc(F)cc2F)o1. The number of hydrogen-bond acceptors (Lipinski definition) is 4. The molecule has 0 amide bonds. The topological polar surface area (TPSA) is 47.3 Å². The van der Waals surface area contributed by atoms with E-state index in [2.05, 4.69) is 10.3 Å². The van der Waals surface area contributed by atoms with Crippen molar-refractivity contribution >= 4 is 0 Å². The van der Waals surface area contributed by atoms with Gasteiger partial charge in [-0.1, -0.05) is 0 Å². The first-order chi connectivity index (χ1) is 9.20. The van der Waals surface area contributed by atoms with Gasteiger partial charge in [0.05, 0.1) is 24.9 Å². The molecule has 1 aromatic heterocycles. The highest BCUT2D eigenvalue weighted by Crippen LogP contribution is 2.24. The van der Waals surface area contributed by atoms with Crippen molar-refractivity contribution < 1.29 is 17.9 Å². The third-order valence-electron chi connectivity index (χ3n) is 2.51. The number of halogens is 2. The molecule has 0 unspecified atom stereocenters. The minimum Gasteiger partial charge on any atom is -0.439 e. The van der Waals surface area contributed by atoms with Gasteiger partial charge in [0.15, 0.2) is 5.76 Å². The number of nitrogens with zero attached hydrogens (tertiary/aromatic N) is 1. The average molecular weight is 268 g/mol. The van der Waals surface area contributed by atoms with E-state index in [0.29, 0.717) is 25.6 Å². The number of aromatic nitrogens is 1. The second-order valence-corrected chi connectivity index (χ2v) is 3.91. The Bertz CT molecular complexity index is 543. The van der Waals surface area contributed by atoms with Gasteiger partial charge in [-0.15, -0.1) is 0 Å². The van der Waals surface area contributed by atoms with Gasteiger partial charge in [-0.2, -0.15) is 0 Å². The van der Waals surface area contributed by atoms with Crippen LogP contribution in [-0.4, -0.2) is 25.2 Å². The lowest BCUT2D eigenvalue weighted by Gasteiger charge is -2.00. The summed E-state index contributed by atoms with van der Waals surface area (Å²) >= 11 is 0. The number of hydrogen-bond donors (Lipinski definition) is 1. The van der Waals surface area contributed by atoms with Gasteiger partial charge in [-0.25, -0.2) is 13.8 Å². The first-order valence-corrected chi connectivity index (χ1v) is 5.80. The fourth-order valence-corrected chi connectivity index (χ4v) is 1.58. The lowest BCUT2D eigenvalue weighted by atomic mass is 10.2. The van der Waals surface area contributed by atoms with Crippen molar-refractivity contribution in [1.29, 1.82) is 0 Å². The number of oxazole rings is 1. The van der Waals surface area contributed by atoms with Crippen LogP contribution in [0.1, 0.15) is 5.89 Å². The maximum atomic E-state index is 13.5. The van der Waals surface area contributed by atoms with E-state index >= 15 is 0 Å². The number of methoxy groups -OCH3 is 1. The second-order valence-electron chi connectivity index (χ2n) is 3.91. The van der Waals surface area contributed by atoms with E-state index in [9.17, 15) is 8.78 Å². The van der Waals surface area contributed by atoms with E-state index in [1.165, 1.54) is 18.3 Å². The molecule has 0 spiro atoms. The van der Waals surface area contributed by atoms with Crippen molar-refractivity contribution in [2.24, 2.45) is 0 Å². The molecule has 4 nitrogen and oxygen atoms in total. The Morgan fingerprint density at radius 1 is 1.37 bits per heavy atom. The molecule has 1 N–H and O–H groups in total. The molecule has 102 valence electrons. The second kappa shape index (κ2) is 6.40. The largest absolute Gasteiger partial charge is 0.439 e. The van der Waals surface area contributed by atoms with E-state index in [1.807, 2.05) is 0 Å². The predicted octanol–water partition coefficient (Wildman–Crippen LogP) is 2.36. The van der Waals surface area contributed by atoms with Crippen LogP contribution in [0.5, 0.6) is 0 Å². The monoisotopic (exact) mass is 268 g/mol. The van der Waals surface area contributed by atoms with Gasteiger partial charge in [0, 0.05) is 19.7 Å². The maximum absolute atomic E-state index is 13.5. The Hall–Kier alpha value is -1.79. The Kier molecular flexibility index (Phi) is 4.59. The molecular formula is C13H14F2N2O2. The molecule has 2 rings (SSSR count). The van der Waals surface area contributed by atoms with Crippen molar-refractivity contribution in [2.75, 3.05) is 20.3 Å². The lowest BCUT2D eigenvalue weighted by Crippen LogP contribution is -2.18. The minimum atomic E-state index is -0.671. The number of ether oxygens (including phenoxy) is 1. The molecule has 2 aromatic rings. The normalized spacial score (nSPS) is 10.9. The van der Waals surface area contributed by atoms with Crippen LogP contribution >= 0.6 is 0 Å². The van der Waals surface area contributed by atoms with Gasteiger partial charge in [-0.3, -0.25) is 0 Å². The highest BCUT2D eigenvalue weighted by atomic mass is 19.1. The Morgan fingerprint density at radius 3 is 2.95 bits per heavy atom. The van der Waals surface area contributed by atoms with E-state index < -0.39 is 11.6 Å². The average Bonchev–Trinajstić information content (AvgIpc) is 2.83. The van der Waals surface area contributed by atoms with E-state index in [0.717, 1.165) is 6.07 Å². The van der Waals surface area contributed by atoms with Gasteiger partial charge >= 0.3 is 0 Å². The maximum Gasteiger partial charge on any atom is 0.208 e. The summed E-state index contributed by atoms with van der Waals surface area (Å²) in [7, 11) is 1.61. The zero-order chi connectivity index (χ0) is 13.7. The molecule has 0 saturated carbocycles. The van der Waals surface area contributed by atoms with Crippen LogP contribution < -0.4 is 5.32 Å². The Labute approximate surface area is 109 Å². The molecule has 0 bridgehead atoms. The first kappa shape index (κ1) is 13.6. The van der Waals surface area contributed by atoms with Crippen LogP contribution in [-0.2, 0) is 11.3 Å². The van der Waals surface area contributed by atoms with Gasteiger partial charge in [0.2, 0.25) is 5.89 Å². The molecule has 0 aliphatic carbocycles. The predicted molar refractivity (Wildman–Crippen MR) is 65.4 cm³/mol. The molecule has 0 saturated heterocycles. The highest BCUT2D eigenvalue weighted by Gasteiger charge is 2.11. The quantitative estimate of drug-likeness (QED) is 0.817. The van der Waals surface area contributed by atoms with Crippen molar-refractivity contribution in [3.05, 3.63) is 41.9 Å². The van der Waals surface area contributed by atoms with E-state index in [4.69, 9.17) is 9.15 Å². The summed E-state index contributed by atoms with van der Waals surface area (Å²) in [5.41, 5.74) is 0.192. The molecule has 0 aliphatic rings. The zero-order valence-corrected chi connectivity index (χ0v) is 10.5. The standard InChI is InChI=1S/C13H14F2N2O2/c1-18-5-4-16-8-13-17-7-12(19-13)10-3-2-9(14)6-11(10)15/h2-3,6-7,16H,4-5,8H2,1H3. The van der Waals surface area contributed by atoms with Crippen molar-refractivity contribution in [3.63, 3.8) is 0 Å². The van der Waals surface area contributed by atoms with Crippen LogP contribution in [0, 0.1) is 11.6 Å². The highest BCUT2D eigenvalue weighted by molar-refractivity contribution is 5.57. The van der Waals surface area contributed by atoms with Crippen LogP contribution in [0.15, 0.2) is 28.8 Å². The Morgan fingerprint density at radius 2 is 2.21 bits per heavy atom. The Balaban J connectivity index is 2.04. The molecule has 0 aliphatic heterocycles. The molecule has 1 heterocycles. The molecule has 1 aromatic carbocycles. The zero-order valence-electron chi connectivity index (χ0n) is 10.5. The fourth-order valence-electron chi connectivity index (χ4n) is 1.58. The third-order valence-corrected chi connectivity index (χ3v) is 2.51. The lowest BCUT2D eigenvalue weighted by molar-refractivity contribution is 0.198. The van der Waals surface area contributed by atoms with Crippen LogP contribution in [0.2, 0.25) is 0 Å². The number of benzene rings is 1. The van der Waals surface area contributed by atoms with Crippen LogP contribution in [0.4, 0.5) is 8.78 Å². The minimum absolute atomic E-state index is 0.192. The number of rotatable bonds is 6. The van der Waals surface area contributed by atoms with E-state index in [1.54, 1.807) is 7.11 Å². The fraction of sp³-hybridized carbons (Fsp3) is 0.308. The molecule has 0 atom stereocenters. The van der Waals surface area contributed by atoms with Gasteiger partial charge in [0.25, 0.3) is 0 Å². The van der Waals surface area contributed by atoms with E-state index in [-0.39, 0.29) is 11.3 Å². The summed E-state index contributed by atoms with van der Waals surface area (Å²) in [6.07, 6.45) is 1.42. The van der Waals surface area contributed by atoms with Gasteiger partial charge in [-0.05, 0) is 12.1 Å². The molecule has 6 heteroatoms. The summed E-state index contributed by atoms with van der Waals surface area (Å²) in [6, 6.07) is 3.32.